The predicted molar refractivity (Wildman–Crippen MR) is 129 cm³/mol. The van der Waals surface area contributed by atoms with Crippen LogP contribution in [0.15, 0.2) is 83.1 Å². The van der Waals surface area contributed by atoms with Gasteiger partial charge in [0.15, 0.2) is 0 Å². The molecular formula is C27H26N4O4. The number of amides is 1. The van der Waals surface area contributed by atoms with Crippen LogP contribution in [0.1, 0.15) is 36.5 Å². The monoisotopic (exact) mass is 470 g/mol. The van der Waals surface area contributed by atoms with E-state index >= 15 is 0 Å². The molecule has 3 aromatic carbocycles. The summed E-state index contributed by atoms with van der Waals surface area (Å²) in [7, 11) is 0. The van der Waals surface area contributed by atoms with Crippen LogP contribution < -0.4 is 5.32 Å². The number of nitrogens with zero attached hydrogens (tertiary/aromatic N) is 3. The molecule has 0 fully saturated rings. The molecular weight excluding hydrogens is 444 g/mol. The van der Waals surface area contributed by atoms with E-state index in [4.69, 9.17) is 9.57 Å². The highest BCUT2D eigenvalue weighted by Gasteiger charge is 2.32. The molecule has 8 heteroatoms. The molecule has 0 unspecified atom stereocenters. The summed E-state index contributed by atoms with van der Waals surface area (Å²) < 4.78 is 5.59. The predicted octanol–water partition coefficient (Wildman–Crippen LogP) is 5.52. The number of hydrogen-bond donors (Lipinski definition) is 1. The Morgan fingerprint density at radius 1 is 0.971 bits per heavy atom. The lowest BCUT2D eigenvalue weighted by atomic mass is 9.98. The standard InChI is InChI=1S/C27H26N4O4/c1-17(2)25(26(32)35-31-15-18-9-3-8-14-24(18)29-30-31)28-27(33)34-16-23-21-12-6-4-10-19(21)20-11-5-7-13-22(20)23/h3-14,17,23,25H,15-16H2,1-2H3,(H,28,33)/t25-/m0/s1. The Labute approximate surface area is 203 Å². The number of alkyl carbamates (subject to hydrolysis) is 1. The zero-order chi connectivity index (χ0) is 24.4. The lowest BCUT2D eigenvalue weighted by Crippen LogP contribution is -2.47. The number of nitrogens with one attached hydrogen (secondary N) is 1. The second-order valence-electron chi connectivity index (χ2n) is 8.93. The maximum Gasteiger partial charge on any atom is 0.407 e. The van der Waals surface area contributed by atoms with Crippen molar-refractivity contribution in [3.63, 3.8) is 0 Å². The molecule has 2 aliphatic rings. The fraction of sp³-hybridized carbons (Fsp3) is 0.259. The van der Waals surface area contributed by atoms with Crippen molar-refractivity contribution in [2.24, 2.45) is 16.3 Å². The van der Waals surface area contributed by atoms with E-state index in [1.165, 1.54) is 0 Å². The van der Waals surface area contributed by atoms with Crippen molar-refractivity contribution in [2.75, 3.05) is 6.61 Å². The number of benzene rings is 3. The lowest BCUT2D eigenvalue weighted by molar-refractivity contribution is -0.200. The highest BCUT2D eigenvalue weighted by Crippen LogP contribution is 2.44. The van der Waals surface area contributed by atoms with Crippen LogP contribution in [0.25, 0.3) is 11.1 Å². The number of ether oxygens (including phenoxy) is 1. The van der Waals surface area contributed by atoms with E-state index in [2.05, 4.69) is 39.9 Å². The Balaban J connectivity index is 1.21. The molecule has 35 heavy (non-hydrogen) atoms. The molecule has 1 amide bonds. The Hall–Kier alpha value is -4.20. The van der Waals surface area contributed by atoms with Crippen molar-refractivity contribution in [3.05, 3.63) is 89.5 Å². The first-order valence-electron chi connectivity index (χ1n) is 11.6. The SMILES string of the molecule is CC(C)[C@H](NC(=O)OCC1c2ccccc2-c2ccccc21)C(=O)ON1Cc2ccccc2N=N1. The van der Waals surface area contributed by atoms with Crippen LogP contribution in [0.3, 0.4) is 0 Å². The molecule has 5 rings (SSSR count). The van der Waals surface area contributed by atoms with E-state index < -0.39 is 18.1 Å². The van der Waals surface area contributed by atoms with Gasteiger partial charge in [0.1, 0.15) is 19.2 Å². The lowest BCUT2D eigenvalue weighted by Gasteiger charge is -2.25. The number of rotatable bonds is 6. The van der Waals surface area contributed by atoms with Crippen molar-refractivity contribution >= 4 is 17.7 Å². The summed E-state index contributed by atoms with van der Waals surface area (Å²) in [6.45, 7) is 4.09. The molecule has 1 atom stereocenters. The van der Waals surface area contributed by atoms with Gasteiger partial charge in [-0.2, -0.15) is 0 Å². The van der Waals surface area contributed by atoms with Gasteiger partial charge < -0.3 is 14.9 Å². The Morgan fingerprint density at radius 3 is 2.29 bits per heavy atom. The van der Waals surface area contributed by atoms with E-state index in [-0.39, 0.29) is 25.0 Å². The minimum absolute atomic E-state index is 0.0635. The molecule has 0 saturated heterocycles. The molecule has 1 aliphatic carbocycles. The molecule has 1 N–H and O–H groups in total. The van der Waals surface area contributed by atoms with Gasteiger partial charge in [0, 0.05) is 11.5 Å². The Kier molecular flexibility index (Phi) is 6.18. The smallest absolute Gasteiger partial charge is 0.407 e. The zero-order valence-electron chi connectivity index (χ0n) is 19.5. The number of hydroxylamine groups is 1. The van der Waals surface area contributed by atoms with Crippen LogP contribution in [-0.2, 0) is 20.9 Å². The summed E-state index contributed by atoms with van der Waals surface area (Å²) in [5, 5.41) is 11.8. The number of carbonyl (C=O) groups excluding carboxylic acids is 2. The molecule has 1 aliphatic heterocycles. The number of fused-ring (bicyclic) bond motifs is 4. The molecule has 0 aromatic heterocycles. The van der Waals surface area contributed by atoms with Gasteiger partial charge in [0.2, 0.25) is 0 Å². The molecule has 8 nitrogen and oxygen atoms in total. The van der Waals surface area contributed by atoms with Gasteiger partial charge in [0.25, 0.3) is 0 Å². The van der Waals surface area contributed by atoms with Gasteiger partial charge in [-0.15, -0.1) is 5.11 Å². The quantitative estimate of drug-likeness (QED) is 0.512. The first-order chi connectivity index (χ1) is 17.0. The van der Waals surface area contributed by atoms with Crippen LogP contribution >= 0.6 is 0 Å². The Morgan fingerprint density at radius 2 is 1.60 bits per heavy atom. The zero-order valence-corrected chi connectivity index (χ0v) is 19.5. The van der Waals surface area contributed by atoms with Crippen LogP contribution in [-0.4, -0.2) is 29.9 Å². The number of hydrogen-bond acceptors (Lipinski definition) is 7. The number of carbonyl (C=O) groups is 2. The first kappa shape index (κ1) is 22.6. The third-order valence-electron chi connectivity index (χ3n) is 6.28. The highest BCUT2D eigenvalue weighted by atomic mass is 16.7. The highest BCUT2D eigenvalue weighted by molar-refractivity contribution is 5.82. The summed E-state index contributed by atoms with van der Waals surface area (Å²) in [6.07, 6.45) is -0.673. The summed E-state index contributed by atoms with van der Waals surface area (Å²) in [4.78, 5) is 31.0. The average molecular weight is 471 g/mol. The fourth-order valence-corrected chi connectivity index (χ4v) is 4.49. The topological polar surface area (TPSA) is 92.6 Å². The molecule has 178 valence electrons. The van der Waals surface area contributed by atoms with Crippen molar-refractivity contribution in [2.45, 2.75) is 32.4 Å². The minimum Gasteiger partial charge on any atom is -0.449 e. The van der Waals surface area contributed by atoms with Crippen molar-refractivity contribution < 1.29 is 19.2 Å². The van der Waals surface area contributed by atoms with E-state index in [0.717, 1.165) is 38.7 Å². The van der Waals surface area contributed by atoms with Gasteiger partial charge >= 0.3 is 12.1 Å². The van der Waals surface area contributed by atoms with Crippen LogP contribution in [0.2, 0.25) is 0 Å². The summed E-state index contributed by atoms with van der Waals surface area (Å²) in [5.41, 5.74) is 6.17. The summed E-state index contributed by atoms with van der Waals surface area (Å²) in [6, 6.07) is 22.8. The maximum absolute atomic E-state index is 12.9. The van der Waals surface area contributed by atoms with Crippen molar-refractivity contribution in [1.82, 2.24) is 10.5 Å². The Bertz CT molecular complexity index is 1240. The van der Waals surface area contributed by atoms with Gasteiger partial charge in [-0.1, -0.05) is 85.7 Å². The van der Waals surface area contributed by atoms with Crippen molar-refractivity contribution in [3.8, 4) is 11.1 Å². The molecule has 0 radical (unpaired) electrons. The maximum atomic E-state index is 12.9. The second-order valence-corrected chi connectivity index (χ2v) is 8.93. The normalized spacial score (nSPS) is 14.7. The third-order valence-corrected chi connectivity index (χ3v) is 6.28. The second kappa shape index (κ2) is 9.58. The molecule has 0 saturated carbocycles. The average Bonchev–Trinajstić information content (AvgIpc) is 3.19. The van der Waals surface area contributed by atoms with Gasteiger partial charge in [-0.3, -0.25) is 0 Å². The van der Waals surface area contributed by atoms with Crippen LogP contribution in [0.4, 0.5) is 10.5 Å². The largest absolute Gasteiger partial charge is 0.449 e. The van der Waals surface area contributed by atoms with Crippen LogP contribution in [0.5, 0.6) is 0 Å². The van der Waals surface area contributed by atoms with E-state index in [9.17, 15) is 9.59 Å². The van der Waals surface area contributed by atoms with Gasteiger partial charge in [-0.25, -0.2) is 9.59 Å². The molecule has 0 bridgehead atoms. The van der Waals surface area contributed by atoms with Gasteiger partial charge in [0.05, 0.1) is 5.69 Å². The first-order valence-corrected chi connectivity index (χ1v) is 11.6. The molecule has 0 spiro atoms. The van der Waals surface area contributed by atoms with Crippen molar-refractivity contribution in [1.29, 1.82) is 0 Å². The van der Waals surface area contributed by atoms with E-state index in [0.29, 0.717) is 0 Å². The fourth-order valence-electron chi connectivity index (χ4n) is 4.49. The molecule has 1 heterocycles. The molecule has 3 aromatic rings. The van der Waals surface area contributed by atoms with E-state index in [1.807, 2.05) is 62.4 Å². The van der Waals surface area contributed by atoms with Crippen LogP contribution in [0, 0.1) is 5.92 Å². The third kappa shape index (κ3) is 4.59. The van der Waals surface area contributed by atoms with Gasteiger partial charge in [-0.05, 0) is 39.5 Å². The van der Waals surface area contributed by atoms with E-state index in [1.54, 1.807) is 0 Å². The summed E-state index contributed by atoms with van der Waals surface area (Å²) in [5.74, 6) is -0.921. The minimum atomic E-state index is -0.905. The summed E-state index contributed by atoms with van der Waals surface area (Å²) >= 11 is 0.